The van der Waals surface area contributed by atoms with Gasteiger partial charge in [-0.2, -0.15) is 13.2 Å². The third kappa shape index (κ3) is 5.25. The molecule has 0 aliphatic heterocycles. The van der Waals surface area contributed by atoms with Crippen LogP contribution in [0.1, 0.15) is 5.56 Å². The van der Waals surface area contributed by atoms with Crippen LogP contribution in [0.4, 0.5) is 31.5 Å². The van der Waals surface area contributed by atoms with Crippen molar-refractivity contribution in [3.05, 3.63) is 52.4 Å². The Balaban J connectivity index is 1.76. The Hall–Kier alpha value is -3.09. The molecule has 1 N–H and O–H groups in total. The van der Waals surface area contributed by atoms with Gasteiger partial charge >= 0.3 is 12.5 Å². The molecule has 0 atom stereocenters. The third-order valence-corrected chi connectivity index (χ3v) is 4.40. The maximum atomic E-state index is 12.7. The lowest BCUT2D eigenvalue weighted by atomic mass is 10.3. The van der Waals surface area contributed by atoms with E-state index < -0.39 is 41.9 Å². The van der Waals surface area contributed by atoms with Gasteiger partial charge in [-0.1, -0.05) is 11.3 Å². The van der Waals surface area contributed by atoms with E-state index in [1.807, 2.05) is 0 Å². The van der Waals surface area contributed by atoms with Gasteiger partial charge in [-0.15, -0.1) is 13.2 Å². The Morgan fingerprint density at radius 3 is 2.52 bits per heavy atom. The van der Waals surface area contributed by atoms with Crippen LogP contribution >= 0.6 is 11.3 Å². The molecule has 0 aliphatic carbocycles. The van der Waals surface area contributed by atoms with Gasteiger partial charge in [-0.05, 0) is 18.2 Å². The van der Waals surface area contributed by atoms with Gasteiger partial charge in [0.25, 0.3) is 5.56 Å². The first-order valence-electron chi connectivity index (χ1n) is 7.64. The van der Waals surface area contributed by atoms with E-state index in [-0.39, 0.29) is 15.3 Å². The van der Waals surface area contributed by atoms with Crippen LogP contribution in [0.5, 0.6) is 5.75 Å². The molecule has 0 saturated carbocycles. The van der Waals surface area contributed by atoms with Crippen LogP contribution in [0.2, 0.25) is 0 Å². The summed E-state index contributed by atoms with van der Waals surface area (Å²) in [6.07, 6.45) is -9.04. The van der Waals surface area contributed by atoms with Crippen LogP contribution in [0.3, 0.4) is 0 Å². The molecule has 0 bridgehead atoms. The third-order valence-electron chi connectivity index (χ3n) is 3.46. The number of alkyl halides is 6. The van der Waals surface area contributed by atoms with E-state index in [2.05, 4.69) is 15.0 Å². The molecule has 154 valence electrons. The van der Waals surface area contributed by atoms with Crippen molar-refractivity contribution < 1.29 is 35.9 Å². The number of nitrogens with one attached hydrogen (secondary N) is 1. The number of carbonyl (C=O) groups is 1. The molecule has 6 nitrogen and oxygen atoms in total. The average molecular weight is 437 g/mol. The fraction of sp³-hybridized carbons (Fsp3) is 0.188. The molecule has 3 rings (SSSR count). The lowest BCUT2D eigenvalue weighted by molar-refractivity contribution is -0.274. The molecule has 0 saturated heterocycles. The molecule has 13 heteroatoms. The zero-order valence-electron chi connectivity index (χ0n) is 14.0. The fourth-order valence-electron chi connectivity index (χ4n) is 2.29. The number of anilines is 1. The minimum Gasteiger partial charge on any atom is -0.406 e. The van der Waals surface area contributed by atoms with Gasteiger partial charge in [0, 0.05) is 18.3 Å². The van der Waals surface area contributed by atoms with Crippen molar-refractivity contribution in [2.24, 2.45) is 0 Å². The van der Waals surface area contributed by atoms with E-state index in [9.17, 15) is 35.9 Å². The molecule has 3 aromatic rings. The molecular formula is C16H9F6N3O3S. The first-order valence-corrected chi connectivity index (χ1v) is 8.46. The van der Waals surface area contributed by atoms with Crippen LogP contribution < -0.4 is 15.6 Å². The number of carbonyl (C=O) groups excluding carboxylic acids is 1. The fourth-order valence-corrected chi connectivity index (χ4v) is 3.20. The van der Waals surface area contributed by atoms with Gasteiger partial charge in [0.05, 0.1) is 15.8 Å². The number of rotatable bonds is 4. The monoisotopic (exact) mass is 437 g/mol. The zero-order chi connectivity index (χ0) is 21.4. The van der Waals surface area contributed by atoms with Gasteiger partial charge in [-0.25, -0.2) is 4.98 Å². The van der Waals surface area contributed by atoms with E-state index >= 15 is 0 Å². The highest BCUT2D eigenvalue weighted by Gasteiger charge is 2.32. The van der Waals surface area contributed by atoms with Crippen molar-refractivity contribution in [3.8, 4) is 5.75 Å². The van der Waals surface area contributed by atoms with Crippen molar-refractivity contribution in [3.63, 3.8) is 0 Å². The molecule has 2 heterocycles. The topological polar surface area (TPSA) is 73.2 Å². The average Bonchev–Trinajstić information content (AvgIpc) is 2.95. The van der Waals surface area contributed by atoms with Crippen molar-refractivity contribution in [2.75, 3.05) is 5.32 Å². The second kappa shape index (κ2) is 7.39. The molecule has 0 spiro atoms. The van der Waals surface area contributed by atoms with E-state index in [4.69, 9.17) is 0 Å². The van der Waals surface area contributed by atoms with E-state index in [0.29, 0.717) is 22.9 Å². The molecule has 0 radical (unpaired) electrons. The highest BCUT2D eigenvalue weighted by atomic mass is 32.1. The Kier molecular flexibility index (Phi) is 5.26. The van der Waals surface area contributed by atoms with Crippen LogP contribution in [-0.2, 0) is 17.5 Å². The predicted octanol–water partition coefficient (Wildman–Crippen LogP) is 4.01. The number of hydrogen-bond acceptors (Lipinski definition) is 5. The van der Waals surface area contributed by atoms with Gasteiger partial charge in [-0.3, -0.25) is 9.59 Å². The van der Waals surface area contributed by atoms with Gasteiger partial charge in [0.15, 0.2) is 5.13 Å². The molecular weight excluding hydrogens is 428 g/mol. The summed E-state index contributed by atoms with van der Waals surface area (Å²) < 4.78 is 79.7. The minimum atomic E-state index is -4.87. The molecule has 0 unspecified atom stereocenters. The van der Waals surface area contributed by atoms with Crippen LogP contribution in [-0.4, -0.2) is 21.8 Å². The highest BCUT2D eigenvalue weighted by molar-refractivity contribution is 7.22. The number of amides is 1. The van der Waals surface area contributed by atoms with E-state index in [0.717, 1.165) is 23.5 Å². The summed E-state index contributed by atoms with van der Waals surface area (Å²) in [5.74, 6) is -1.31. The lowest BCUT2D eigenvalue weighted by Crippen LogP contribution is -2.28. The van der Waals surface area contributed by atoms with E-state index in [1.54, 1.807) is 0 Å². The smallest absolute Gasteiger partial charge is 0.406 e. The summed E-state index contributed by atoms with van der Waals surface area (Å²) in [7, 11) is 0. The summed E-state index contributed by atoms with van der Waals surface area (Å²) in [4.78, 5) is 27.7. The number of hydrogen-bond donors (Lipinski definition) is 1. The van der Waals surface area contributed by atoms with Crippen LogP contribution in [0.15, 0.2) is 41.3 Å². The van der Waals surface area contributed by atoms with E-state index in [1.165, 1.54) is 6.07 Å². The number of thiazole rings is 1. The number of benzene rings is 1. The summed E-state index contributed by atoms with van der Waals surface area (Å²) in [5, 5.41) is 2.29. The number of aromatic nitrogens is 2. The number of pyridine rings is 1. The van der Waals surface area contributed by atoms with Gasteiger partial charge in [0.2, 0.25) is 5.91 Å². The first-order chi connectivity index (χ1) is 13.4. The second-order valence-electron chi connectivity index (χ2n) is 5.63. The van der Waals surface area contributed by atoms with Crippen LogP contribution in [0.25, 0.3) is 10.2 Å². The molecule has 2 aromatic heterocycles. The Morgan fingerprint density at radius 2 is 1.86 bits per heavy atom. The Morgan fingerprint density at radius 1 is 1.14 bits per heavy atom. The van der Waals surface area contributed by atoms with Crippen molar-refractivity contribution >= 4 is 32.6 Å². The Bertz CT molecular complexity index is 1120. The molecule has 1 aromatic carbocycles. The number of ether oxygens (including phenoxy) is 1. The highest BCUT2D eigenvalue weighted by Crippen LogP contribution is 2.32. The first kappa shape index (κ1) is 20.6. The Labute approximate surface area is 161 Å². The zero-order valence-corrected chi connectivity index (χ0v) is 14.8. The lowest BCUT2D eigenvalue weighted by Gasteiger charge is -2.10. The van der Waals surface area contributed by atoms with Crippen molar-refractivity contribution in [1.82, 2.24) is 9.55 Å². The molecule has 0 fully saturated rings. The normalized spacial score (nSPS) is 12.2. The molecule has 1 amide bonds. The largest absolute Gasteiger partial charge is 0.573 e. The summed E-state index contributed by atoms with van der Waals surface area (Å²) in [6.45, 7) is -0.707. The van der Waals surface area contributed by atoms with Crippen molar-refractivity contribution in [1.29, 1.82) is 0 Å². The van der Waals surface area contributed by atoms with Gasteiger partial charge in [0.1, 0.15) is 12.3 Å². The second-order valence-corrected chi connectivity index (χ2v) is 6.66. The quantitative estimate of drug-likeness (QED) is 0.626. The maximum absolute atomic E-state index is 12.7. The molecule has 0 aliphatic rings. The predicted molar refractivity (Wildman–Crippen MR) is 90.6 cm³/mol. The standard InChI is InChI=1S/C16H9F6N3O3S/c17-15(18,19)8-1-4-13(27)25(6-8)7-12(26)24-14-23-10-3-2-9(5-11(10)29-14)28-16(20,21)22/h1-6H,7H2,(H,23,24,26). The summed E-state index contributed by atoms with van der Waals surface area (Å²) in [5.41, 5.74) is -1.63. The number of halogens is 6. The summed E-state index contributed by atoms with van der Waals surface area (Å²) >= 11 is 0.830. The maximum Gasteiger partial charge on any atom is 0.573 e. The number of fused-ring (bicyclic) bond motifs is 1. The van der Waals surface area contributed by atoms with Gasteiger partial charge < -0.3 is 14.6 Å². The SMILES string of the molecule is O=C(Cn1cc(C(F)(F)F)ccc1=O)Nc1nc2ccc(OC(F)(F)F)cc2s1. The minimum absolute atomic E-state index is 0.00539. The number of nitrogens with zero attached hydrogens (tertiary/aromatic N) is 2. The summed E-state index contributed by atoms with van der Waals surface area (Å²) in [6, 6.07) is 4.66. The van der Waals surface area contributed by atoms with Crippen LogP contribution in [0, 0.1) is 0 Å². The molecule has 29 heavy (non-hydrogen) atoms. The van der Waals surface area contributed by atoms with Crippen molar-refractivity contribution in [2.45, 2.75) is 19.1 Å².